The molecule has 11 heteroatoms. The van der Waals surface area contributed by atoms with Gasteiger partial charge in [0.25, 0.3) is 0 Å². The van der Waals surface area contributed by atoms with Crippen molar-refractivity contribution < 1.29 is 19.5 Å². The molecular weight excluding hydrogens is 522 g/mol. The van der Waals surface area contributed by atoms with Crippen LogP contribution in [0.1, 0.15) is 24.0 Å². The highest BCUT2D eigenvalue weighted by Crippen LogP contribution is 2.12. The second-order valence-corrected chi connectivity index (χ2v) is 9.55. The summed E-state index contributed by atoms with van der Waals surface area (Å²) in [5.41, 5.74) is 18.4. The van der Waals surface area contributed by atoms with Crippen molar-refractivity contribution in [2.75, 3.05) is 6.54 Å². The van der Waals surface area contributed by atoms with Gasteiger partial charge in [-0.15, -0.1) is 0 Å². The zero-order valence-corrected chi connectivity index (χ0v) is 22.7. The molecule has 3 atom stereocenters. The Balaban J connectivity index is 1.79. The van der Waals surface area contributed by atoms with Crippen molar-refractivity contribution in [3.63, 3.8) is 0 Å². The van der Waals surface area contributed by atoms with Gasteiger partial charge >= 0.3 is 0 Å². The van der Waals surface area contributed by atoms with Crippen molar-refractivity contribution in [1.29, 1.82) is 0 Å². The lowest BCUT2D eigenvalue weighted by atomic mass is 10.0. The fourth-order valence-electron chi connectivity index (χ4n) is 4.22. The van der Waals surface area contributed by atoms with Crippen LogP contribution in [0.4, 0.5) is 0 Å². The van der Waals surface area contributed by atoms with Crippen LogP contribution in [0, 0.1) is 0 Å². The number of primary amides is 1. The maximum atomic E-state index is 13.6. The van der Waals surface area contributed by atoms with E-state index in [1.54, 1.807) is 24.3 Å². The summed E-state index contributed by atoms with van der Waals surface area (Å²) in [6.45, 7) is 0.229. The summed E-state index contributed by atoms with van der Waals surface area (Å²) >= 11 is 0. The Labute approximate surface area is 239 Å². The second kappa shape index (κ2) is 15.5. The van der Waals surface area contributed by atoms with Crippen LogP contribution in [0.3, 0.4) is 0 Å². The summed E-state index contributed by atoms with van der Waals surface area (Å²) in [6.07, 6.45) is 7.64. The Hall–Kier alpha value is -5.06. The third-order valence-electron chi connectivity index (χ3n) is 6.35. The molecule has 3 amide bonds. The standard InChI is InChI=1S/C30H37N7O4/c31-26(38)24(18-20-10-3-1-4-11-20)36-28(40)23(16-9-17-34-30(32)33)35-29(41)25(19-21-12-5-2-6-13-21)37-27(39)22-14-7-8-15-22/h1-8,10-15,23-25,37,39H,9,16-19H2,(H2,31,38)(H,35,41)(H,36,40)(H4,32,33,34)/p-1/t23-,24-,25-/m0/s1. The molecule has 9 N–H and O–H groups in total. The van der Waals surface area contributed by atoms with Crippen LogP contribution in [0.25, 0.3) is 0 Å². The molecule has 0 aliphatic heterocycles. The van der Waals surface area contributed by atoms with Crippen molar-refractivity contribution >= 4 is 23.7 Å². The first-order chi connectivity index (χ1) is 19.7. The molecule has 0 saturated carbocycles. The van der Waals surface area contributed by atoms with Crippen LogP contribution in [0.2, 0.25) is 0 Å². The van der Waals surface area contributed by atoms with E-state index in [4.69, 9.17) is 17.2 Å². The number of amides is 3. The first-order valence-electron chi connectivity index (χ1n) is 13.3. The fraction of sp³-hybridized carbons (Fsp3) is 0.267. The maximum Gasteiger partial charge on any atom is 0.243 e. The average molecular weight is 559 g/mol. The zero-order valence-electron chi connectivity index (χ0n) is 22.7. The van der Waals surface area contributed by atoms with E-state index in [-0.39, 0.29) is 31.8 Å². The van der Waals surface area contributed by atoms with Crippen LogP contribution < -0.4 is 38.3 Å². The molecule has 0 unspecified atom stereocenters. The minimum absolute atomic E-state index is 0.0927. The van der Waals surface area contributed by atoms with E-state index in [9.17, 15) is 19.5 Å². The average Bonchev–Trinajstić information content (AvgIpc) is 3.50. The molecule has 2 aromatic carbocycles. The lowest BCUT2D eigenvalue weighted by Gasteiger charge is -2.28. The lowest BCUT2D eigenvalue weighted by molar-refractivity contribution is -0.313. The van der Waals surface area contributed by atoms with Gasteiger partial charge in [-0.2, -0.15) is 0 Å². The summed E-state index contributed by atoms with van der Waals surface area (Å²) in [5.74, 6) is -2.38. The summed E-state index contributed by atoms with van der Waals surface area (Å²) in [5, 5.41) is 21.0. The molecule has 41 heavy (non-hydrogen) atoms. The number of aliphatic imine (C=N–C) groups is 1. The topological polar surface area (TPSA) is 201 Å². The van der Waals surface area contributed by atoms with E-state index in [0.29, 0.717) is 12.0 Å². The van der Waals surface area contributed by atoms with Gasteiger partial charge in [0.2, 0.25) is 17.7 Å². The first kappa shape index (κ1) is 30.5. The van der Waals surface area contributed by atoms with Crippen molar-refractivity contribution in [3.05, 3.63) is 108 Å². The highest BCUT2D eigenvalue weighted by molar-refractivity contribution is 5.93. The van der Waals surface area contributed by atoms with Crippen LogP contribution in [-0.2, 0) is 27.2 Å². The molecule has 0 spiro atoms. The molecule has 0 heterocycles. The number of carbonyl (C=O) groups is 3. The fourth-order valence-corrected chi connectivity index (χ4v) is 4.22. The second-order valence-electron chi connectivity index (χ2n) is 9.55. The van der Waals surface area contributed by atoms with Gasteiger partial charge < -0.3 is 38.3 Å². The number of carbonyl (C=O) groups excluding carboxylic acids is 3. The van der Waals surface area contributed by atoms with Gasteiger partial charge in [0.1, 0.15) is 18.1 Å². The van der Waals surface area contributed by atoms with E-state index < -0.39 is 41.7 Å². The Morgan fingerprint density at radius 1 is 0.732 bits per heavy atom. The molecule has 0 saturated heterocycles. The number of allylic oxidation sites excluding steroid dienone is 5. The van der Waals surface area contributed by atoms with Gasteiger partial charge in [0.05, 0.1) is 0 Å². The summed E-state index contributed by atoms with van der Waals surface area (Å²) in [7, 11) is 0. The molecule has 3 rings (SSSR count). The van der Waals surface area contributed by atoms with E-state index in [2.05, 4.69) is 20.9 Å². The Bertz CT molecular complexity index is 1290. The van der Waals surface area contributed by atoms with Crippen molar-refractivity contribution in [2.24, 2.45) is 22.2 Å². The number of nitrogens with two attached hydrogens (primary N) is 3. The molecular formula is C30H36N7O4-. The monoisotopic (exact) mass is 558 g/mol. The summed E-state index contributed by atoms with van der Waals surface area (Å²) in [4.78, 5) is 43.1. The van der Waals surface area contributed by atoms with Gasteiger partial charge in [-0.25, -0.2) is 0 Å². The highest BCUT2D eigenvalue weighted by Gasteiger charge is 2.28. The SMILES string of the molecule is NC(=O)[C@H](Cc1ccccc1)NC(=O)[C@H](CCCN=C(N)N)NC(=O)[C@H](Cc1ccccc1)NC([O-])=C1C=CC=C1. The predicted molar refractivity (Wildman–Crippen MR) is 155 cm³/mol. The smallest absolute Gasteiger partial charge is 0.243 e. The van der Waals surface area contributed by atoms with Crippen molar-refractivity contribution in [2.45, 2.75) is 43.8 Å². The number of rotatable bonds is 15. The Morgan fingerprint density at radius 3 is 1.78 bits per heavy atom. The molecule has 0 aromatic heterocycles. The third-order valence-corrected chi connectivity index (χ3v) is 6.35. The number of benzene rings is 2. The summed E-state index contributed by atoms with van der Waals surface area (Å²) < 4.78 is 0. The quantitative estimate of drug-likeness (QED) is 0.0741. The zero-order chi connectivity index (χ0) is 29.6. The van der Waals surface area contributed by atoms with E-state index in [1.165, 1.54) is 0 Å². The van der Waals surface area contributed by atoms with Gasteiger partial charge in [0, 0.05) is 19.4 Å². The van der Waals surface area contributed by atoms with E-state index >= 15 is 0 Å². The Morgan fingerprint density at radius 2 is 1.24 bits per heavy atom. The lowest BCUT2D eigenvalue weighted by Crippen LogP contribution is -2.57. The van der Waals surface area contributed by atoms with Crippen LogP contribution >= 0.6 is 0 Å². The number of guanidine groups is 1. The van der Waals surface area contributed by atoms with Crippen molar-refractivity contribution in [1.82, 2.24) is 16.0 Å². The minimum Gasteiger partial charge on any atom is -0.860 e. The Kier molecular flexibility index (Phi) is 11.5. The highest BCUT2D eigenvalue weighted by atomic mass is 16.3. The van der Waals surface area contributed by atoms with Gasteiger partial charge in [-0.05, 0) is 35.4 Å². The number of hydrogen-bond acceptors (Lipinski definition) is 6. The van der Waals surface area contributed by atoms with Crippen LogP contribution in [0.5, 0.6) is 0 Å². The number of hydrogen-bond donors (Lipinski definition) is 6. The predicted octanol–water partition coefficient (Wildman–Crippen LogP) is -0.364. The normalized spacial score (nSPS) is 14.0. The molecule has 216 valence electrons. The molecule has 2 aromatic rings. The van der Waals surface area contributed by atoms with Crippen molar-refractivity contribution in [3.8, 4) is 0 Å². The maximum absolute atomic E-state index is 13.6. The minimum atomic E-state index is -1.05. The molecule has 11 nitrogen and oxygen atoms in total. The number of nitrogens with zero attached hydrogens (tertiary/aromatic N) is 1. The number of nitrogens with one attached hydrogen (secondary N) is 3. The van der Waals surface area contributed by atoms with E-state index in [0.717, 1.165) is 11.1 Å². The molecule has 0 radical (unpaired) electrons. The third kappa shape index (κ3) is 10.2. The van der Waals surface area contributed by atoms with Crippen LogP contribution in [0.15, 0.2) is 101 Å². The molecule has 0 bridgehead atoms. The van der Waals surface area contributed by atoms with E-state index in [1.807, 2.05) is 60.7 Å². The molecule has 1 aliphatic carbocycles. The van der Waals surface area contributed by atoms with Crippen LogP contribution in [-0.4, -0.2) is 48.4 Å². The van der Waals surface area contributed by atoms with Gasteiger partial charge in [0.15, 0.2) is 5.96 Å². The van der Waals surface area contributed by atoms with Gasteiger partial charge in [-0.1, -0.05) is 85.0 Å². The first-order valence-corrected chi connectivity index (χ1v) is 13.3. The molecule has 0 fully saturated rings. The molecule has 1 aliphatic rings. The largest absolute Gasteiger partial charge is 0.860 e. The summed E-state index contributed by atoms with van der Waals surface area (Å²) in [6, 6.07) is 15.3. The van der Waals surface area contributed by atoms with Gasteiger partial charge in [-0.3, -0.25) is 19.4 Å².